The molecule has 1 N–H and O–H groups in total. The molecular formula is C18H22N2O3S. The summed E-state index contributed by atoms with van der Waals surface area (Å²) in [4.78, 5) is 12.6. The molecule has 0 radical (unpaired) electrons. The number of carbonyl (C=O) groups excluding carboxylic acids is 1. The highest BCUT2D eigenvalue weighted by atomic mass is 32.2. The van der Waals surface area contributed by atoms with Crippen molar-refractivity contribution in [2.75, 3.05) is 25.2 Å². The van der Waals surface area contributed by atoms with Gasteiger partial charge in [0.25, 0.3) is 0 Å². The largest absolute Gasteiger partial charge is 0.486 e. The number of benzene rings is 1. The molecule has 1 aromatic heterocycles. The fourth-order valence-electron chi connectivity index (χ4n) is 2.70. The fourth-order valence-corrected chi connectivity index (χ4v) is 3.16. The van der Waals surface area contributed by atoms with Crippen LogP contribution >= 0.6 is 11.8 Å². The molecule has 1 aliphatic heterocycles. The van der Waals surface area contributed by atoms with Crippen LogP contribution in [0.1, 0.15) is 12.5 Å². The minimum atomic E-state index is -0.191. The molecule has 0 aliphatic carbocycles. The quantitative estimate of drug-likeness (QED) is 0.838. The van der Waals surface area contributed by atoms with Crippen LogP contribution in [-0.4, -0.2) is 41.7 Å². The van der Waals surface area contributed by atoms with Gasteiger partial charge in [-0.15, -0.1) is 0 Å². The summed E-state index contributed by atoms with van der Waals surface area (Å²) in [5.74, 6) is 2.44. The van der Waals surface area contributed by atoms with Crippen molar-refractivity contribution in [3.63, 3.8) is 0 Å². The van der Waals surface area contributed by atoms with Crippen LogP contribution in [0.4, 0.5) is 0 Å². The fraction of sp³-hybridized carbons (Fsp3) is 0.389. The van der Waals surface area contributed by atoms with Crippen molar-refractivity contribution in [3.05, 3.63) is 48.8 Å². The Morgan fingerprint density at radius 1 is 1.29 bits per heavy atom. The molecule has 1 amide bonds. The zero-order valence-electron chi connectivity index (χ0n) is 13.7. The molecule has 3 rings (SSSR count). The van der Waals surface area contributed by atoms with Gasteiger partial charge in [-0.25, -0.2) is 0 Å². The lowest BCUT2D eigenvalue weighted by Gasteiger charge is -2.27. The maximum Gasteiger partial charge on any atom is 0.243 e. The average molecular weight is 346 g/mol. The number of carbonyl (C=O) groups is 1. The van der Waals surface area contributed by atoms with Crippen molar-refractivity contribution in [2.24, 2.45) is 0 Å². The van der Waals surface area contributed by atoms with Crippen LogP contribution in [-0.2, 0) is 4.79 Å². The van der Waals surface area contributed by atoms with Crippen LogP contribution in [0.2, 0.25) is 0 Å². The summed E-state index contributed by atoms with van der Waals surface area (Å²) in [5, 5.41) is 3.01. The molecule has 5 nitrogen and oxygen atoms in total. The standard InChI is InChI=1S/C18H22N2O3S/c1-24-11-8-15(20-9-4-5-10-20)18(21)19-12-14-13-22-16-6-2-3-7-17(16)23-14/h2-7,9-10,14-15H,8,11-13H2,1H3,(H,19,21)/t14-,15-/m1/s1. The summed E-state index contributed by atoms with van der Waals surface area (Å²) < 4.78 is 13.5. The lowest BCUT2D eigenvalue weighted by atomic mass is 10.2. The number of nitrogens with one attached hydrogen (secondary N) is 1. The van der Waals surface area contributed by atoms with Gasteiger partial charge in [0.15, 0.2) is 11.5 Å². The van der Waals surface area contributed by atoms with E-state index in [1.807, 2.05) is 53.4 Å². The van der Waals surface area contributed by atoms with Crippen molar-refractivity contribution in [1.82, 2.24) is 9.88 Å². The van der Waals surface area contributed by atoms with E-state index in [9.17, 15) is 4.79 Å². The van der Waals surface area contributed by atoms with Crippen LogP contribution in [0.25, 0.3) is 0 Å². The second-order valence-corrected chi connectivity index (χ2v) is 6.66. The Morgan fingerprint density at radius 2 is 2.04 bits per heavy atom. The summed E-state index contributed by atoms with van der Waals surface area (Å²) in [7, 11) is 0. The van der Waals surface area contributed by atoms with Crippen molar-refractivity contribution < 1.29 is 14.3 Å². The first kappa shape index (κ1) is 16.8. The molecular weight excluding hydrogens is 324 g/mol. The third-order valence-electron chi connectivity index (χ3n) is 3.96. The predicted octanol–water partition coefficient (Wildman–Crippen LogP) is 2.74. The second kappa shape index (κ2) is 8.15. The normalized spacial score (nSPS) is 17.3. The number of thioether (sulfide) groups is 1. The van der Waals surface area contributed by atoms with E-state index >= 15 is 0 Å². The number of nitrogens with zero attached hydrogens (tertiary/aromatic N) is 1. The van der Waals surface area contributed by atoms with Gasteiger partial charge in [-0.1, -0.05) is 12.1 Å². The highest BCUT2D eigenvalue weighted by molar-refractivity contribution is 7.98. The molecule has 0 saturated carbocycles. The number of amides is 1. The van der Waals surface area contributed by atoms with E-state index in [2.05, 4.69) is 11.6 Å². The Kier molecular flexibility index (Phi) is 5.69. The van der Waals surface area contributed by atoms with Gasteiger partial charge in [0.2, 0.25) is 5.91 Å². The number of hydrogen-bond donors (Lipinski definition) is 1. The van der Waals surface area contributed by atoms with Crippen molar-refractivity contribution in [3.8, 4) is 11.5 Å². The van der Waals surface area contributed by atoms with Crippen LogP contribution in [0.5, 0.6) is 11.5 Å². The first-order valence-corrected chi connectivity index (χ1v) is 9.45. The second-order valence-electron chi connectivity index (χ2n) is 5.67. The van der Waals surface area contributed by atoms with Crippen molar-refractivity contribution in [2.45, 2.75) is 18.6 Å². The van der Waals surface area contributed by atoms with Gasteiger partial charge in [0.1, 0.15) is 18.8 Å². The summed E-state index contributed by atoms with van der Waals surface area (Å²) >= 11 is 1.75. The van der Waals surface area contributed by atoms with E-state index < -0.39 is 0 Å². The lowest BCUT2D eigenvalue weighted by molar-refractivity contribution is -0.124. The number of rotatable bonds is 7. The predicted molar refractivity (Wildman–Crippen MR) is 95.8 cm³/mol. The molecule has 1 aliphatic rings. The van der Waals surface area contributed by atoms with Crippen LogP contribution < -0.4 is 14.8 Å². The number of fused-ring (bicyclic) bond motifs is 1. The average Bonchev–Trinajstić information content (AvgIpc) is 3.14. The van der Waals surface area contributed by atoms with Gasteiger partial charge < -0.3 is 19.4 Å². The zero-order chi connectivity index (χ0) is 16.8. The molecule has 24 heavy (non-hydrogen) atoms. The first-order chi connectivity index (χ1) is 11.8. The Labute approximate surface area is 146 Å². The van der Waals surface area contributed by atoms with Gasteiger partial charge >= 0.3 is 0 Å². The third-order valence-corrected chi connectivity index (χ3v) is 4.60. The zero-order valence-corrected chi connectivity index (χ0v) is 14.5. The Hall–Kier alpha value is -2.08. The molecule has 0 spiro atoms. The summed E-state index contributed by atoms with van der Waals surface area (Å²) in [5.41, 5.74) is 0. The SMILES string of the molecule is CSCC[C@H](C(=O)NC[C@@H]1COc2ccccc2O1)n1cccc1. The van der Waals surface area contributed by atoms with Crippen LogP contribution in [0.15, 0.2) is 48.8 Å². The van der Waals surface area contributed by atoms with Gasteiger partial charge in [-0.2, -0.15) is 11.8 Å². The van der Waals surface area contributed by atoms with Gasteiger partial charge in [-0.05, 0) is 42.7 Å². The van der Waals surface area contributed by atoms with E-state index in [0.29, 0.717) is 13.2 Å². The molecule has 0 unspecified atom stereocenters. The number of para-hydroxylation sites is 2. The van der Waals surface area contributed by atoms with Gasteiger partial charge in [0, 0.05) is 12.4 Å². The van der Waals surface area contributed by atoms with E-state index in [1.54, 1.807) is 11.8 Å². The van der Waals surface area contributed by atoms with Crippen LogP contribution in [0, 0.1) is 0 Å². The van der Waals surface area contributed by atoms with E-state index in [-0.39, 0.29) is 18.1 Å². The highest BCUT2D eigenvalue weighted by Gasteiger charge is 2.24. The van der Waals surface area contributed by atoms with Crippen molar-refractivity contribution in [1.29, 1.82) is 0 Å². The van der Waals surface area contributed by atoms with E-state index in [1.165, 1.54) is 0 Å². The molecule has 0 saturated heterocycles. The van der Waals surface area contributed by atoms with Crippen LogP contribution in [0.3, 0.4) is 0 Å². The molecule has 0 bridgehead atoms. The molecule has 2 aromatic rings. The first-order valence-electron chi connectivity index (χ1n) is 8.05. The molecule has 0 fully saturated rings. The molecule has 1 aromatic carbocycles. The topological polar surface area (TPSA) is 52.5 Å². The Balaban J connectivity index is 1.56. The highest BCUT2D eigenvalue weighted by Crippen LogP contribution is 2.30. The molecule has 128 valence electrons. The maximum absolute atomic E-state index is 12.6. The van der Waals surface area contributed by atoms with E-state index in [4.69, 9.17) is 9.47 Å². The van der Waals surface area contributed by atoms with Gasteiger partial charge in [-0.3, -0.25) is 4.79 Å². The number of aromatic nitrogens is 1. The number of ether oxygens (including phenoxy) is 2. The Morgan fingerprint density at radius 3 is 2.79 bits per heavy atom. The molecule has 6 heteroatoms. The van der Waals surface area contributed by atoms with Gasteiger partial charge in [0.05, 0.1) is 6.54 Å². The Bertz CT molecular complexity index is 660. The smallest absolute Gasteiger partial charge is 0.243 e. The summed E-state index contributed by atoms with van der Waals surface area (Å²) in [6.07, 6.45) is 6.54. The summed E-state index contributed by atoms with van der Waals surface area (Å²) in [6, 6.07) is 11.3. The minimum Gasteiger partial charge on any atom is -0.486 e. The summed E-state index contributed by atoms with van der Waals surface area (Å²) in [6.45, 7) is 0.875. The monoisotopic (exact) mass is 346 g/mol. The van der Waals surface area contributed by atoms with E-state index in [0.717, 1.165) is 23.7 Å². The maximum atomic E-state index is 12.6. The van der Waals surface area contributed by atoms with Crippen molar-refractivity contribution >= 4 is 17.7 Å². The molecule has 2 heterocycles. The number of hydrogen-bond acceptors (Lipinski definition) is 4. The third kappa shape index (κ3) is 4.06. The minimum absolute atomic E-state index is 0.0164. The molecule has 2 atom stereocenters. The lowest BCUT2D eigenvalue weighted by Crippen LogP contribution is -2.43.